The van der Waals surface area contributed by atoms with Crippen LogP contribution in [0.5, 0.6) is 0 Å². The van der Waals surface area contributed by atoms with Gasteiger partial charge in [0.25, 0.3) is 0 Å². The monoisotopic (exact) mass is 293 g/mol. The minimum atomic E-state index is -0.824. The van der Waals surface area contributed by atoms with E-state index in [-0.39, 0.29) is 18.2 Å². The van der Waals surface area contributed by atoms with E-state index in [0.717, 1.165) is 10.7 Å². The highest BCUT2D eigenvalue weighted by molar-refractivity contribution is 7.15. The molecule has 7 heteroatoms. The Labute approximate surface area is 119 Å². The number of nitrogens with zero attached hydrogens (tertiary/aromatic N) is 3. The minimum absolute atomic E-state index is 0.00180. The van der Waals surface area contributed by atoms with E-state index >= 15 is 0 Å². The Kier molecular flexibility index (Phi) is 3.21. The molecule has 0 bridgehead atoms. The first-order valence-corrected chi connectivity index (χ1v) is 7.34. The first-order valence-electron chi connectivity index (χ1n) is 6.46. The van der Waals surface area contributed by atoms with Gasteiger partial charge in [0.15, 0.2) is 4.96 Å². The van der Waals surface area contributed by atoms with Crippen LogP contribution < -0.4 is 0 Å². The summed E-state index contributed by atoms with van der Waals surface area (Å²) in [6, 6.07) is 0. The summed E-state index contributed by atoms with van der Waals surface area (Å²) >= 11 is 1.52. The molecular weight excluding hydrogens is 278 g/mol. The first kappa shape index (κ1) is 13.1. The number of carbonyl (C=O) groups excluding carboxylic acids is 1. The average molecular weight is 293 g/mol. The van der Waals surface area contributed by atoms with Gasteiger partial charge in [-0.2, -0.15) is 0 Å². The molecule has 2 aromatic rings. The second kappa shape index (κ2) is 4.90. The van der Waals surface area contributed by atoms with Crippen LogP contribution >= 0.6 is 11.3 Å². The van der Waals surface area contributed by atoms with Crippen LogP contribution in [0.25, 0.3) is 4.96 Å². The fourth-order valence-corrected chi connectivity index (χ4v) is 3.34. The molecule has 1 amide bonds. The topological polar surface area (TPSA) is 74.9 Å². The Morgan fingerprint density at radius 1 is 1.50 bits per heavy atom. The van der Waals surface area contributed by atoms with Crippen molar-refractivity contribution in [1.82, 2.24) is 14.3 Å². The Morgan fingerprint density at radius 3 is 2.95 bits per heavy atom. The predicted molar refractivity (Wildman–Crippen MR) is 73.6 cm³/mol. The molecule has 0 aromatic carbocycles. The third-order valence-corrected chi connectivity index (χ3v) is 4.53. The number of fused-ring (bicyclic) bond motifs is 1. The van der Waals surface area contributed by atoms with Gasteiger partial charge in [0.2, 0.25) is 5.91 Å². The largest absolute Gasteiger partial charge is 0.481 e. The van der Waals surface area contributed by atoms with Crippen LogP contribution in [0.3, 0.4) is 0 Å². The van der Waals surface area contributed by atoms with E-state index in [1.165, 1.54) is 11.3 Å². The van der Waals surface area contributed by atoms with Gasteiger partial charge in [0.05, 0.1) is 18.0 Å². The molecule has 1 aliphatic rings. The van der Waals surface area contributed by atoms with Gasteiger partial charge in [0, 0.05) is 30.9 Å². The standard InChI is InChI=1S/C13H15N3O3S/c1-8-5-16(7-10(8)12(18)19)11(17)4-9-6-15-2-3-20-13(15)14-9/h2-3,6,8,10H,4-5,7H2,1H3,(H,18,19). The van der Waals surface area contributed by atoms with Crippen LogP contribution in [-0.2, 0) is 16.0 Å². The number of carboxylic acid groups (broad SMARTS) is 1. The van der Waals surface area contributed by atoms with Gasteiger partial charge in [-0.1, -0.05) is 6.92 Å². The molecule has 0 saturated carbocycles. The molecule has 0 spiro atoms. The summed E-state index contributed by atoms with van der Waals surface area (Å²) in [5.74, 6) is -1.33. The molecule has 1 aliphatic heterocycles. The molecule has 3 rings (SSSR count). The van der Waals surface area contributed by atoms with Gasteiger partial charge in [0.1, 0.15) is 0 Å². The van der Waals surface area contributed by atoms with Crippen molar-refractivity contribution in [1.29, 1.82) is 0 Å². The number of carboxylic acids is 1. The maximum absolute atomic E-state index is 12.2. The molecule has 20 heavy (non-hydrogen) atoms. The van der Waals surface area contributed by atoms with E-state index < -0.39 is 11.9 Å². The fourth-order valence-electron chi connectivity index (χ4n) is 2.62. The highest BCUT2D eigenvalue weighted by atomic mass is 32.1. The van der Waals surface area contributed by atoms with Crippen LogP contribution in [0.4, 0.5) is 0 Å². The predicted octanol–water partition coefficient (Wildman–Crippen LogP) is 1.12. The molecule has 6 nitrogen and oxygen atoms in total. The molecule has 2 unspecified atom stereocenters. The number of hydrogen-bond acceptors (Lipinski definition) is 4. The number of likely N-dealkylation sites (tertiary alicyclic amines) is 1. The Hall–Kier alpha value is -1.89. The van der Waals surface area contributed by atoms with Gasteiger partial charge in [-0.3, -0.25) is 14.0 Å². The summed E-state index contributed by atoms with van der Waals surface area (Å²) in [5.41, 5.74) is 0.730. The summed E-state index contributed by atoms with van der Waals surface area (Å²) in [5, 5.41) is 11.0. The van der Waals surface area contributed by atoms with Crippen molar-refractivity contribution in [2.24, 2.45) is 11.8 Å². The van der Waals surface area contributed by atoms with Crippen molar-refractivity contribution >= 4 is 28.2 Å². The summed E-state index contributed by atoms with van der Waals surface area (Å²) in [6.07, 6.45) is 3.98. The van der Waals surface area contributed by atoms with E-state index in [2.05, 4.69) is 4.98 Å². The van der Waals surface area contributed by atoms with Crippen molar-refractivity contribution in [3.63, 3.8) is 0 Å². The second-order valence-electron chi connectivity index (χ2n) is 5.22. The molecule has 0 aliphatic carbocycles. The lowest BCUT2D eigenvalue weighted by Gasteiger charge is -2.14. The highest BCUT2D eigenvalue weighted by Crippen LogP contribution is 2.24. The van der Waals surface area contributed by atoms with Gasteiger partial charge < -0.3 is 10.0 Å². The van der Waals surface area contributed by atoms with E-state index in [4.69, 9.17) is 5.11 Å². The number of aliphatic carboxylic acids is 1. The number of imidazole rings is 1. The molecule has 0 radical (unpaired) electrons. The van der Waals surface area contributed by atoms with Crippen molar-refractivity contribution in [3.05, 3.63) is 23.5 Å². The van der Waals surface area contributed by atoms with Gasteiger partial charge >= 0.3 is 5.97 Å². The molecule has 3 heterocycles. The molecule has 2 aromatic heterocycles. The lowest BCUT2D eigenvalue weighted by molar-refractivity contribution is -0.142. The Bertz CT molecular complexity index is 634. The van der Waals surface area contributed by atoms with Crippen molar-refractivity contribution < 1.29 is 14.7 Å². The smallest absolute Gasteiger partial charge is 0.308 e. The minimum Gasteiger partial charge on any atom is -0.481 e. The fraction of sp³-hybridized carbons (Fsp3) is 0.462. The van der Waals surface area contributed by atoms with Crippen LogP contribution in [0.2, 0.25) is 0 Å². The molecule has 1 saturated heterocycles. The number of rotatable bonds is 3. The van der Waals surface area contributed by atoms with Crippen molar-refractivity contribution in [2.45, 2.75) is 13.3 Å². The first-order chi connectivity index (χ1) is 9.54. The highest BCUT2D eigenvalue weighted by Gasteiger charge is 2.36. The zero-order chi connectivity index (χ0) is 14.3. The molecular formula is C13H15N3O3S. The van der Waals surface area contributed by atoms with Crippen LogP contribution in [0.15, 0.2) is 17.8 Å². The van der Waals surface area contributed by atoms with Crippen molar-refractivity contribution in [2.75, 3.05) is 13.1 Å². The van der Waals surface area contributed by atoms with Gasteiger partial charge in [-0.15, -0.1) is 11.3 Å². The van der Waals surface area contributed by atoms with E-state index in [9.17, 15) is 9.59 Å². The second-order valence-corrected chi connectivity index (χ2v) is 6.10. The van der Waals surface area contributed by atoms with Crippen LogP contribution in [0, 0.1) is 11.8 Å². The maximum atomic E-state index is 12.2. The number of aromatic nitrogens is 2. The third-order valence-electron chi connectivity index (χ3n) is 3.76. The number of amides is 1. The number of carbonyl (C=O) groups is 2. The normalized spacial score (nSPS) is 22.6. The zero-order valence-electron chi connectivity index (χ0n) is 11.0. The van der Waals surface area contributed by atoms with E-state index in [0.29, 0.717) is 13.1 Å². The number of hydrogen-bond donors (Lipinski definition) is 1. The molecule has 106 valence electrons. The summed E-state index contributed by atoms with van der Waals surface area (Å²) in [7, 11) is 0. The molecule has 1 N–H and O–H groups in total. The van der Waals surface area contributed by atoms with Crippen LogP contribution in [0.1, 0.15) is 12.6 Å². The lowest BCUT2D eigenvalue weighted by atomic mass is 9.99. The molecule has 1 fully saturated rings. The quantitative estimate of drug-likeness (QED) is 0.920. The van der Waals surface area contributed by atoms with Crippen LogP contribution in [-0.4, -0.2) is 44.4 Å². The Balaban J connectivity index is 1.68. The average Bonchev–Trinajstić information content (AvgIpc) is 3.02. The van der Waals surface area contributed by atoms with E-state index in [1.54, 1.807) is 4.90 Å². The van der Waals surface area contributed by atoms with Gasteiger partial charge in [-0.05, 0) is 5.92 Å². The zero-order valence-corrected chi connectivity index (χ0v) is 11.8. The molecule has 2 atom stereocenters. The Morgan fingerprint density at radius 2 is 2.30 bits per heavy atom. The van der Waals surface area contributed by atoms with Gasteiger partial charge in [-0.25, -0.2) is 4.98 Å². The lowest BCUT2D eigenvalue weighted by Crippen LogP contribution is -2.31. The summed E-state index contributed by atoms with van der Waals surface area (Å²) in [4.78, 5) is 30.2. The summed E-state index contributed by atoms with van der Waals surface area (Å²) in [6.45, 7) is 2.69. The van der Waals surface area contributed by atoms with E-state index in [1.807, 2.05) is 29.1 Å². The van der Waals surface area contributed by atoms with Crippen molar-refractivity contribution in [3.8, 4) is 0 Å². The maximum Gasteiger partial charge on any atom is 0.308 e. The third kappa shape index (κ3) is 2.29. The summed E-state index contributed by atoms with van der Waals surface area (Å²) < 4.78 is 1.89. The SMILES string of the molecule is CC1CN(C(=O)Cc2cn3ccsc3n2)CC1C(=O)O. The number of thiazole rings is 1.